The number of halogens is 1. The van der Waals surface area contributed by atoms with Crippen LogP contribution in [0.2, 0.25) is 0 Å². The number of nitrogens with zero attached hydrogens (tertiary/aromatic N) is 6. The Kier molecular flexibility index (Phi) is 6.71. The summed E-state index contributed by atoms with van der Waals surface area (Å²) in [5, 5.41) is 11.1. The number of carbonyl (C=O) groups excluding carboxylic acids is 2. The molecule has 6 rings (SSSR count). The number of ether oxygens (including phenoxy) is 1. The Hall–Kier alpha value is -3.93. The van der Waals surface area contributed by atoms with Crippen molar-refractivity contribution in [3.8, 4) is 5.75 Å². The summed E-state index contributed by atoms with van der Waals surface area (Å²) in [4.78, 5) is 37.3. The molecule has 39 heavy (non-hydrogen) atoms. The Bertz CT molecular complexity index is 1410. The molecule has 2 N–H and O–H groups in total. The van der Waals surface area contributed by atoms with Crippen LogP contribution in [0.4, 0.5) is 16.0 Å². The van der Waals surface area contributed by atoms with Gasteiger partial charge in [0, 0.05) is 57.9 Å². The number of benzene rings is 1. The Labute approximate surface area is 225 Å². The van der Waals surface area contributed by atoms with Gasteiger partial charge in [-0.1, -0.05) is 0 Å². The van der Waals surface area contributed by atoms with Crippen LogP contribution in [0.15, 0.2) is 30.3 Å². The molecule has 2 aromatic heterocycles. The number of anilines is 2. The van der Waals surface area contributed by atoms with Crippen LogP contribution in [-0.2, 0) is 4.79 Å². The van der Waals surface area contributed by atoms with E-state index in [0.29, 0.717) is 31.3 Å². The fourth-order valence-corrected chi connectivity index (χ4v) is 5.51. The molecule has 3 aromatic rings. The molecule has 3 aliphatic heterocycles. The van der Waals surface area contributed by atoms with E-state index in [-0.39, 0.29) is 35.8 Å². The minimum absolute atomic E-state index is 0.100. The van der Waals surface area contributed by atoms with E-state index < -0.39 is 5.82 Å². The van der Waals surface area contributed by atoms with Gasteiger partial charge in [-0.15, -0.1) is 0 Å². The number of likely N-dealkylation sites (N-methyl/N-ethyl adjacent to an activating group) is 2. The number of piperidine rings is 1. The van der Waals surface area contributed by atoms with E-state index in [1.165, 1.54) is 18.2 Å². The number of fused-ring (bicyclic) bond motifs is 4. The summed E-state index contributed by atoms with van der Waals surface area (Å²) in [5.74, 6) is 0.675. The number of hydrogen-bond acceptors (Lipinski definition) is 8. The first-order valence-corrected chi connectivity index (χ1v) is 13.5. The lowest BCUT2D eigenvalue weighted by atomic mass is 9.98. The second-order valence-corrected chi connectivity index (χ2v) is 10.4. The number of nitrogens with one attached hydrogen (secondary N) is 2. The predicted molar refractivity (Wildman–Crippen MR) is 144 cm³/mol. The Balaban J connectivity index is 1.44. The smallest absolute Gasteiger partial charge is 0.258 e. The molecule has 1 atom stereocenters. The summed E-state index contributed by atoms with van der Waals surface area (Å²) in [6.07, 6.45) is 2.51. The standard InChI is InChI=1S/C27H33FN8O3/c1-29-18-14-34(15-18)23-13-26-33(2)10-8-30-25(37)16-39-22-7-6-17(28)11-19(22)27(38)35-9-4-3-5-21(35)20-12-24(31-23)36(26)32-20/h6-7,11-13,18,21,29H,3-5,8-10,14-16H2,1-2H3,(H,30,37). The van der Waals surface area contributed by atoms with E-state index in [0.717, 1.165) is 49.7 Å². The van der Waals surface area contributed by atoms with Crippen LogP contribution in [0, 0.1) is 5.82 Å². The fraction of sp³-hybridized carbons (Fsp3) is 0.481. The third kappa shape index (κ3) is 4.84. The monoisotopic (exact) mass is 536 g/mol. The second kappa shape index (κ2) is 10.3. The van der Waals surface area contributed by atoms with E-state index in [1.807, 2.05) is 35.6 Å². The fourth-order valence-electron chi connectivity index (χ4n) is 5.51. The molecule has 0 radical (unpaired) electrons. The summed E-state index contributed by atoms with van der Waals surface area (Å²) in [6, 6.07) is 7.92. The molecule has 12 heteroatoms. The van der Waals surface area contributed by atoms with Gasteiger partial charge in [0.2, 0.25) is 0 Å². The summed E-state index contributed by atoms with van der Waals surface area (Å²) < 4.78 is 21.8. The van der Waals surface area contributed by atoms with Crippen LogP contribution in [0.25, 0.3) is 5.65 Å². The van der Waals surface area contributed by atoms with Crippen molar-refractivity contribution < 1.29 is 18.7 Å². The molecule has 2 amide bonds. The lowest BCUT2D eigenvalue weighted by Crippen LogP contribution is -2.57. The highest BCUT2D eigenvalue weighted by molar-refractivity contribution is 5.97. The molecule has 1 unspecified atom stereocenters. The summed E-state index contributed by atoms with van der Waals surface area (Å²) in [5.41, 5.74) is 1.54. The normalized spacial score (nSPS) is 20.9. The third-order valence-corrected chi connectivity index (χ3v) is 7.82. The topological polar surface area (TPSA) is 107 Å². The second-order valence-electron chi connectivity index (χ2n) is 10.4. The van der Waals surface area contributed by atoms with Crippen LogP contribution in [0.1, 0.15) is 41.4 Å². The van der Waals surface area contributed by atoms with Crippen LogP contribution in [0.3, 0.4) is 0 Å². The molecule has 11 nitrogen and oxygen atoms in total. The highest BCUT2D eigenvalue weighted by Gasteiger charge is 2.33. The van der Waals surface area contributed by atoms with Gasteiger partial charge >= 0.3 is 0 Å². The van der Waals surface area contributed by atoms with Crippen molar-refractivity contribution in [2.24, 2.45) is 0 Å². The molecular formula is C27H33FN8O3. The molecule has 2 fully saturated rings. The zero-order valence-corrected chi connectivity index (χ0v) is 22.2. The summed E-state index contributed by atoms with van der Waals surface area (Å²) >= 11 is 0. The van der Waals surface area contributed by atoms with Gasteiger partial charge in [0.05, 0.1) is 17.3 Å². The van der Waals surface area contributed by atoms with Crippen LogP contribution < -0.4 is 25.2 Å². The molecule has 5 heterocycles. The molecule has 0 aliphatic carbocycles. The average molecular weight is 537 g/mol. The van der Waals surface area contributed by atoms with Crippen molar-refractivity contribution in [1.29, 1.82) is 0 Å². The minimum atomic E-state index is -0.540. The molecule has 2 saturated heterocycles. The summed E-state index contributed by atoms with van der Waals surface area (Å²) in [6.45, 7) is 2.88. The van der Waals surface area contributed by atoms with Crippen LogP contribution in [-0.4, -0.2) is 90.8 Å². The number of hydrogen-bond donors (Lipinski definition) is 2. The Morgan fingerprint density at radius 2 is 1.97 bits per heavy atom. The molecular weight excluding hydrogens is 503 g/mol. The van der Waals surface area contributed by atoms with Gasteiger partial charge in [0.1, 0.15) is 23.2 Å². The zero-order chi connectivity index (χ0) is 27.1. The van der Waals surface area contributed by atoms with Crippen molar-refractivity contribution in [2.45, 2.75) is 31.3 Å². The van der Waals surface area contributed by atoms with Crippen LogP contribution >= 0.6 is 0 Å². The molecule has 1 aromatic carbocycles. The van der Waals surface area contributed by atoms with E-state index >= 15 is 0 Å². The van der Waals surface area contributed by atoms with Gasteiger partial charge in [-0.2, -0.15) is 9.61 Å². The lowest BCUT2D eigenvalue weighted by Gasteiger charge is -2.40. The van der Waals surface area contributed by atoms with E-state index in [4.69, 9.17) is 14.8 Å². The molecule has 0 saturated carbocycles. The molecule has 206 valence electrons. The largest absolute Gasteiger partial charge is 0.483 e. The van der Waals surface area contributed by atoms with E-state index in [9.17, 15) is 14.0 Å². The zero-order valence-electron chi connectivity index (χ0n) is 22.2. The average Bonchev–Trinajstić information content (AvgIpc) is 3.34. The Morgan fingerprint density at radius 1 is 1.13 bits per heavy atom. The van der Waals surface area contributed by atoms with Crippen molar-refractivity contribution in [3.63, 3.8) is 0 Å². The molecule has 3 aliphatic rings. The van der Waals surface area contributed by atoms with Crippen molar-refractivity contribution >= 4 is 29.1 Å². The first kappa shape index (κ1) is 25.4. The van der Waals surface area contributed by atoms with Gasteiger partial charge in [0.25, 0.3) is 11.8 Å². The van der Waals surface area contributed by atoms with Gasteiger partial charge in [0.15, 0.2) is 12.3 Å². The SMILES string of the molecule is CNC1CN(c2cc3n4nc(cc4n2)C2CCCCN2C(=O)c2cc(F)ccc2OCC(=O)NCCN3C)C1. The van der Waals surface area contributed by atoms with Crippen LogP contribution in [0.5, 0.6) is 5.75 Å². The van der Waals surface area contributed by atoms with Gasteiger partial charge < -0.3 is 30.1 Å². The summed E-state index contributed by atoms with van der Waals surface area (Å²) in [7, 11) is 3.92. The maximum atomic E-state index is 14.3. The van der Waals surface area contributed by atoms with E-state index in [2.05, 4.69) is 15.5 Å². The highest BCUT2D eigenvalue weighted by Crippen LogP contribution is 2.35. The lowest BCUT2D eigenvalue weighted by molar-refractivity contribution is -0.123. The third-order valence-electron chi connectivity index (χ3n) is 7.82. The quantitative estimate of drug-likeness (QED) is 0.509. The van der Waals surface area contributed by atoms with Crippen molar-refractivity contribution in [2.75, 3.05) is 63.2 Å². The number of aromatic nitrogens is 3. The minimum Gasteiger partial charge on any atom is -0.483 e. The van der Waals surface area contributed by atoms with E-state index in [1.54, 1.807) is 4.90 Å². The Morgan fingerprint density at radius 3 is 2.79 bits per heavy atom. The molecule has 0 spiro atoms. The number of carbonyl (C=O) groups is 2. The van der Waals surface area contributed by atoms with Gasteiger partial charge in [-0.05, 0) is 44.5 Å². The van der Waals surface area contributed by atoms with Gasteiger partial charge in [-0.3, -0.25) is 9.59 Å². The first-order chi connectivity index (χ1) is 18.9. The van der Waals surface area contributed by atoms with Crippen molar-refractivity contribution in [1.82, 2.24) is 30.1 Å². The predicted octanol–water partition coefficient (Wildman–Crippen LogP) is 1.59. The maximum absolute atomic E-state index is 14.3. The van der Waals surface area contributed by atoms with Gasteiger partial charge in [-0.25, -0.2) is 9.37 Å². The first-order valence-electron chi connectivity index (χ1n) is 13.5. The maximum Gasteiger partial charge on any atom is 0.258 e. The number of amides is 2. The highest BCUT2D eigenvalue weighted by atomic mass is 19.1. The number of rotatable bonds is 2. The van der Waals surface area contributed by atoms with Crippen molar-refractivity contribution in [3.05, 3.63) is 47.4 Å². The molecule has 2 bridgehead atoms.